The van der Waals surface area contributed by atoms with E-state index in [1.54, 1.807) is 6.08 Å². The molecule has 1 aromatic carbocycles. The molecule has 2 nitrogen and oxygen atoms in total. The molecule has 0 aliphatic heterocycles. The maximum absolute atomic E-state index is 11.8. The van der Waals surface area contributed by atoms with Crippen LogP contribution in [0.4, 0.5) is 0 Å². The first-order valence-corrected chi connectivity index (χ1v) is 7.11. The van der Waals surface area contributed by atoms with Crippen LogP contribution in [0.5, 0.6) is 5.75 Å². The normalized spacial score (nSPS) is 13.1. The summed E-state index contributed by atoms with van der Waals surface area (Å²) in [7, 11) is -0.892. The number of benzene rings is 1. The van der Waals surface area contributed by atoms with Crippen LogP contribution < -0.4 is 4.74 Å². The molecule has 0 aliphatic rings. The Balaban J connectivity index is 2.75. The molecule has 17 heavy (non-hydrogen) atoms. The lowest BCUT2D eigenvalue weighted by Gasteiger charge is -2.22. The van der Waals surface area contributed by atoms with Gasteiger partial charge in [-0.1, -0.05) is 13.5 Å². The molecule has 3 heteroatoms. The predicted molar refractivity (Wildman–Crippen MR) is 72.9 cm³/mol. The summed E-state index contributed by atoms with van der Waals surface area (Å²) in [5.41, 5.74) is -0.385. The van der Waals surface area contributed by atoms with Gasteiger partial charge < -0.3 is 4.74 Å². The topological polar surface area (TPSA) is 26.3 Å². The van der Waals surface area contributed by atoms with Crippen molar-refractivity contribution in [1.82, 2.24) is 0 Å². The molecular formula is C14H20O2S. The van der Waals surface area contributed by atoms with E-state index in [0.717, 1.165) is 17.1 Å². The van der Waals surface area contributed by atoms with Gasteiger partial charge in [-0.25, -0.2) is 0 Å². The van der Waals surface area contributed by atoms with Crippen LogP contribution in [0.25, 0.3) is 0 Å². The largest absolute Gasteiger partial charge is 0.484 e. The Hall–Kier alpha value is -1.09. The minimum absolute atomic E-state index is 0.385. The zero-order valence-electron chi connectivity index (χ0n) is 10.7. The van der Waals surface area contributed by atoms with Crippen LogP contribution >= 0.6 is 0 Å². The summed E-state index contributed by atoms with van der Waals surface area (Å²) in [6.07, 6.45) is 2.69. The Labute approximate surface area is 106 Å². The van der Waals surface area contributed by atoms with Gasteiger partial charge in [0.2, 0.25) is 0 Å². The summed E-state index contributed by atoms with van der Waals surface area (Å²) >= 11 is 0. The third-order valence-electron chi connectivity index (χ3n) is 2.35. The zero-order valence-corrected chi connectivity index (χ0v) is 11.5. The van der Waals surface area contributed by atoms with E-state index in [9.17, 15) is 4.21 Å². The molecule has 94 valence electrons. The van der Waals surface area contributed by atoms with Gasteiger partial charge in [-0.3, -0.25) is 4.21 Å². The van der Waals surface area contributed by atoms with E-state index in [0.29, 0.717) is 5.75 Å². The molecule has 0 spiro atoms. The van der Waals surface area contributed by atoms with E-state index in [2.05, 4.69) is 6.58 Å². The van der Waals surface area contributed by atoms with E-state index < -0.39 is 10.8 Å². The van der Waals surface area contributed by atoms with Crippen molar-refractivity contribution in [1.29, 1.82) is 0 Å². The number of hydrogen-bond donors (Lipinski definition) is 0. The lowest BCUT2D eigenvalue weighted by molar-refractivity contribution is 0.162. The van der Waals surface area contributed by atoms with Crippen LogP contribution in [0.1, 0.15) is 27.2 Å². The van der Waals surface area contributed by atoms with Crippen molar-refractivity contribution >= 4 is 10.8 Å². The minimum Gasteiger partial charge on any atom is -0.484 e. The highest BCUT2D eigenvalue weighted by atomic mass is 32.2. The molecule has 0 fully saturated rings. The first kappa shape index (κ1) is 14.0. The summed E-state index contributed by atoms with van der Waals surface area (Å²) in [4.78, 5) is 0.857. The number of ether oxygens (including phenoxy) is 1. The van der Waals surface area contributed by atoms with Crippen LogP contribution in [0, 0.1) is 0 Å². The molecule has 0 N–H and O–H groups in total. The van der Waals surface area contributed by atoms with Crippen molar-refractivity contribution in [2.45, 2.75) is 37.7 Å². The van der Waals surface area contributed by atoms with Crippen molar-refractivity contribution < 1.29 is 8.95 Å². The second-order valence-corrected chi connectivity index (χ2v) is 6.00. The van der Waals surface area contributed by atoms with Crippen LogP contribution in [-0.4, -0.2) is 15.6 Å². The van der Waals surface area contributed by atoms with Crippen LogP contribution in [0.2, 0.25) is 0 Å². The van der Waals surface area contributed by atoms with E-state index in [1.807, 2.05) is 45.0 Å². The van der Waals surface area contributed by atoms with Gasteiger partial charge in [0, 0.05) is 10.6 Å². The Kier molecular flexibility index (Phi) is 4.94. The fourth-order valence-electron chi connectivity index (χ4n) is 1.31. The summed E-state index contributed by atoms with van der Waals surface area (Å²) in [5.74, 6) is 1.48. The second-order valence-electron chi connectivity index (χ2n) is 4.43. The second kappa shape index (κ2) is 6.01. The molecule has 0 aliphatic carbocycles. The molecule has 0 radical (unpaired) electrons. The highest BCUT2D eigenvalue weighted by molar-refractivity contribution is 7.85. The van der Waals surface area contributed by atoms with Crippen molar-refractivity contribution in [2.24, 2.45) is 0 Å². The molecule has 1 aromatic rings. The molecular weight excluding hydrogens is 232 g/mol. The van der Waals surface area contributed by atoms with Gasteiger partial charge >= 0.3 is 0 Å². The van der Waals surface area contributed by atoms with Gasteiger partial charge in [-0.2, -0.15) is 0 Å². The first-order chi connectivity index (χ1) is 7.98. The van der Waals surface area contributed by atoms with E-state index in [4.69, 9.17) is 4.74 Å². The van der Waals surface area contributed by atoms with Crippen molar-refractivity contribution in [3.8, 4) is 5.75 Å². The maximum Gasteiger partial charge on any atom is 0.121 e. The van der Waals surface area contributed by atoms with Gasteiger partial charge in [-0.15, -0.1) is 0 Å². The highest BCUT2D eigenvalue weighted by Crippen LogP contribution is 2.20. The third kappa shape index (κ3) is 4.35. The van der Waals surface area contributed by atoms with Crippen molar-refractivity contribution in [3.05, 3.63) is 36.9 Å². The molecule has 0 bridgehead atoms. The first-order valence-electron chi connectivity index (χ1n) is 5.79. The monoisotopic (exact) mass is 252 g/mol. The average molecular weight is 252 g/mol. The molecule has 1 rings (SSSR count). The van der Waals surface area contributed by atoms with Crippen molar-refractivity contribution in [3.63, 3.8) is 0 Å². The summed E-state index contributed by atoms with van der Waals surface area (Å²) in [6, 6.07) is 7.43. The van der Waals surface area contributed by atoms with Gasteiger partial charge in [0.15, 0.2) is 0 Å². The van der Waals surface area contributed by atoms with Crippen molar-refractivity contribution in [2.75, 3.05) is 5.75 Å². The number of rotatable bonds is 6. The third-order valence-corrected chi connectivity index (χ3v) is 3.93. The Morgan fingerprint density at radius 2 is 1.94 bits per heavy atom. The Morgan fingerprint density at radius 3 is 2.41 bits per heavy atom. The van der Waals surface area contributed by atoms with Gasteiger partial charge in [0.05, 0.1) is 10.8 Å². The lowest BCUT2D eigenvalue weighted by atomic mass is 10.1. The SMILES string of the molecule is C=CC(C)(C)Oc1ccc(S(=O)CCC)cc1. The fraction of sp³-hybridized carbons (Fsp3) is 0.429. The van der Waals surface area contributed by atoms with Crippen LogP contribution in [0.3, 0.4) is 0 Å². The zero-order chi connectivity index (χ0) is 12.9. The van der Waals surface area contributed by atoms with Gasteiger partial charge in [-0.05, 0) is 50.6 Å². The maximum atomic E-state index is 11.8. The summed E-state index contributed by atoms with van der Waals surface area (Å²) in [6.45, 7) is 9.65. The molecule has 0 saturated carbocycles. The molecule has 0 aromatic heterocycles. The average Bonchev–Trinajstić information content (AvgIpc) is 2.30. The summed E-state index contributed by atoms with van der Waals surface area (Å²) in [5, 5.41) is 0. The molecule has 0 saturated heterocycles. The molecule has 0 heterocycles. The smallest absolute Gasteiger partial charge is 0.121 e. The highest BCUT2D eigenvalue weighted by Gasteiger charge is 2.14. The molecule has 1 atom stereocenters. The Bertz CT molecular complexity index is 393. The van der Waals surface area contributed by atoms with E-state index in [1.165, 1.54) is 0 Å². The molecule has 1 unspecified atom stereocenters. The van der Waals surface area contributed by atoms with Crippen LogP contribution in [-0.2, 0) is 10.8 Å². The predicted octanol–water partition coefficient (Wildman–Crippen LogP) is 3.55. The summed E-state index contributed by atoms with van der Waals surface area (Å²) < 4.78 is 17.5. The van der Waals surface area contributed by atoms with E-state index in [-0.39, 0.29) is 5.60 Å². The number of hydrogen-bond acceptors (Lipinski definition) is 2. The standard InChI is InChI=1S/C14H20O2S/c1-5-11-17(15)13-9-7-12(8-10-13)16-14(3,4)6-2/h6-10H,2,5,11H2,1,3-4H3. The lowest BCUT2D eigenvalue weighted by Crippen LogP contribution is -2.24. The van der Waals surface area contributed by atoms with Crippen LogP contribution in [0.15, 0.2) is 41.8 Å². The fourth-order valence-corrected chi connectivity index (χ4v) is 2.35. The molecule has 0 amide bonds. The minimum atomic E-state index is -0.892. The quantitative estimate of drug-likeness (QED) is 0.724. The Morgan fingerprint density at radius 1 is 1.35 bits per heavy atom. The van der Waals surface area contributed by atoms with Gasteiger partial charge in [0.1, 0.15) is 11.4 Å². The van der Waals surface area contributed by atoms with Gasteiger partial charge in [0.25, 0.3) is 0 Å². The van der Waals surface area contributed by atoms with E-state index >= 15 is 0 Å².